The molecule has 8 heteroatoms. The van der Waals surface area contributed by atoms with Gasteiger partial charge in [0.05, 0.1) is 29.7 Å². The van der Waals surface area contributed by atoms with Crippen molar-refractivity contribution in [3.05, 3.63) is 23.2 Å². The molecule has 0 bridgehead atoms. The van der Waals surface area contributed by atoms with Gasteiger partial charge in [0.25, 0.3) is 0 Å². The Labute approximate surface area is 129 Å². The van der Waals surface area contributed by atoms with Crippen LogP contribution in [0.2, 0.25) is 5.02 Å². The molecule has 2 atom stereocenters. The van der Waals surface area contributed by atoms with Crippen LogP contribution in [0.3, 0.4) is 0 Å². The van der Waals surface area contributed by atoms with Crippen molar-refractivity contribution in [2.45, 2.75) is 24.0 Å². The van der Waals surface area contributed by atoms with E-state index in [9.17, 15) is 8.42 Å². The van der Waals surface area contributed by atoms with Crippen LogP contribution in [-0.2, 0) is 14.8 Å². The van der Waals surface area contributed by atoms with Crippen molar-refractivity contribution in [2.75, 3.05) is 26.8 Å². The molecule has 1 aliphatic rings. The van der Waals surface area contributed by atoms with Gasteiger partial charge in [-0.05, 0) is 25.1 Å². The molecule has 2 rings (SSSR count). The van der Waals surface area contributed by atoms with Gasteiger partial charge in [-0.3, -0.25) is 0 Å². The van der Waals surface area contributed by atoms with Gasteiger partial charge in [0, 0.05) is 19.1 Å². The highest BCUT2D eigenvalue weighted by molar-refractivity contribution is 7.89. The number of rotatable bonds is 4. The SMILES string of the molecule is COc1ccc(S(=O)(=O)N2CCOC(C(C)N)C2)cc1Cl. The predicted octanol–water partition coefficient (Wildman–Crippen LogP) is 1.09. The quantitative estimate of drug-likeness (QED) is 0.891. The molecule has 0 radical (unpaired) electrons. The molecule has 1 aliphatic heterocycles. The van der Waals surface area contributed by atoms with Crippen LogP contribution in [0, 0.1) is 0 Å². The third-order valence-corrected chi connectivity index (χ3v) is 5.56. The van der Waals surface area contributed by atoms with Crippen molar-refractivity contribution >= 4 is 21.6 Å². The van der Waals surface area contributed by atoms with Crippen LogP contribution in [0.1, 0.15) is 6.92 Å². The van der Waals surface area contributed by atoms with Gasteiger partial charge < -0.3 is 15.2 Å². The fourth-order valence-electron chi connectivity index (χ4n) is 2.14. The maximum Gasteiger partial charge on any atom is 0.243 e. The Morgan fingerprint density at radius 1 is 1.52 bits per heavy atom. The first-order valence-electron chi connectivity index (χ1n) is 6.57. The number of methoxy groups -OCH3 is 1. The lowest BCUT2D eigenvalue weighted by atomic mass is 10.2. The molecule has 1 heterocycles. The zero-order valence-electron chi connectivity index (χ0n) is 12.0. The van der Waals surface area contributed by atoms with Crippen LogP contribution >= 0.6 is 11.6 Å². The Balaban J connectivity index is 2.27. The summed E-state index contributed by atoms with van der Waals surface area (Å²) in [5.41, 5.74) is 5.79. The van der Waals surface area contributed by atoms with E-state index in [0.29, 0.717) is 18.9 Å². The third-order valence-electron chi connectivity index (χ3n) is 3.40. The summed E-state index contributed by atoms with van der Waals surface area (Å²) < 4.78 is 37.2. The van der Waals surface area contributed by atoms with E-state index in [0.717, 1.165) is 0 Å². The van der Waals surface area contributed by atoms with E-state index in [1.807, 2.05) is 0 Å². The minimum absolute atomic E-state index is 0.138. The summed E-state index contributed by atoms with van der Waals surface area (Å²) in [6.45, 7) is 2.67. The standard InChI is InChI=1S/C13H19ClN2O4S/c1-9(15)13-8-16(5-6-20-13)21(17,18)10-3-4-12(19-2)11(14)7-10/h3-4,7,9,13H,5-6,8,15H2,1-2H3. The number of morpholine rings is 1. The number of hydrogen-bond acceptors (Lipinski definition) is 5. The Bertz CT molecular complexity index is 606. The van der Waals surface area contributed by atoms with Crippen molar-refractivity contribution in [3.8, 4) is 5.75 Å². The second-order valence-electron chi connectivity index (χ2n) is 4.93. The largest absolute Gasteiger partial charge is 0.495 e. The van der Waals surface area contributed by atoms with Gasteiger partial charge in [-0.2, -0.15) is 4.31 Å². The predicted molar refractivity (Wildman–Crippen MR) is 80.2 cm³/mol. The Morgan fingerprint density at radius 2 is 2.24 bits per heavy atom. The number of sulfonamides is 1. The van der Waals surface area contributed by atoms with Crippen LogP contribution in [0.25, 0.3) is 0 Å². The van der Waals surface area contributed by atoms with Gasteiger partial charge >= 0.3 is 0 Å². The minimum atomic E-state index is -3.62. The van der Waals surface area contributed by atoms with Crippen molar-refractivity contribution in [3.63, 3.8) is 0 Å². The first-order valence-corrected chi connectivity index (χ1v) is 8.39. The highest BCUT2D eigenvalue weighted by Gasteiger charge is 2.32. The molecule has 0 saturated carbocycles. The molecule has 2 N–H and O–H groups in total. The van der Waals surface area contributed by atoms with Gasteiger partial charge in [-0.1, -0.05) is 11.6 Å². The van der Waals surface area contributed by atoms with Crippen molar-refractivity contribution in [1.82, 2.24) is 4.31 Å². The Morgan fingerprint density at radius 3 is 2.81 bits per heavy atom. The molecule has 6 nitrogen and oxygen atoms in total. The van der Waals surface area contributed by atoms with E-state index in [1.54, 1.807) is 13.0 Å². The van der Waals surface area contributed by atoms with Gasteiger partial charge in [-0.25, -0.2) is 8.42 Å². The Kier molecular flexibility index (Phi) is 5.11. The van der Waals surface area contributed by atoms with E-state index in [2.05, 4.69) is 0 Å². The lowest BCUT2D eigenvalue weighted by Crippen LogP contribution is -2.51. The minimum Gasteiger partial charge on any atom is -0.495 e. The van der Waals surface area contributed by atoms with Crippen LogP contribution in [0.5, 0.6) is 5.75 Å². The maximum atomic E-state index is 12.6. The number of ether oxygens (including phenoxy) is 2. The molecule has 1 aromatic carbocycles. The number of nitrogens with zero attached hydrogens (tertiary/aromatic N) is 1. The van der Waals surface area contributed by atoms with Gasteiger partial charge in [0.1, 0.15) is 5.75 Å². The summed E-state index contributed by atoms with van der Waals surface area (Å²) in [7, 11) is -2.14. The summed E-state index contributed by atoms with van der Waals surface area (Å²) in [4.78, 5) is 0.138. The van der Waals surface area contributed by atoms with Crippen LogP contribution in [0.15, 0.2) is 23.1 Å². The smallest absolute Gasteiger partial charge is 0.243 e. The molecule has 0 spiro atoms. The highest BCUT2D eigenvalue weighted by Crippen LogP contribution is 2.29. The van der Waals surface area contributed by atoms with E-state index in [-0.39, 0.29) is 28.6 Å². The summed E-state index contributed by atoms with van der Waals surface area (Å²) in [5.74, 6) is 0.436. The summed E-state index contributed by atoms with van der Waals surface area (Å²) in [5, 5.41) is 0.260. The first kappa shape index (κ1) is 16.5. The van der Waals surface area contributed by atoms with Crippen molar-refractivity contribution in [2.24, 2.45) is 5.73 Å². The number of nitrogens with two attached hydrogens (primary N) is 1. The summed E-state index contributed by atoms with van der Waals surface area (Å²) >= 11 is 6.00. The third kappa shape index (κ3) is 3.49. The molecule has 0 amide bonds. The highest BCUT2D eigenvalue weighted by atomic mass is 35.5. The second kappa shape index (κ2) is 6.50. The maximum absolute atomic E-state index is 12.6. The first-order chi connectivity index (χ1) is 9.86. The van der Waals surface area contributed by atoms with Gasteiger partial charge in [0.15, 0.2) is 0 Å². The Hall–Kier alpha value is -0.860. The molecule has 1 saturated heterocycles. The molecule has 0 aromatic heterocycles. The zero-order chi connectivity index (χ0) is 15.6. The van der Waals surface area contributed by atoms with Gasteiger partial charge in [-0.15, -0.1) is 0 Å². The lowest BCUT2D eigenvalue weighted by molar-refractivity contribution is -0.0120. The van der Waals surface area contributed by atoms with E-state index in [4.69, 9.17) is 26.8 Å². The molecule has 0 aliphatic carbocycles. The van der Waals surface area contributed by atoms with Crippen molar-refractivity contribution in [1.29, 1.82) is 0 Å². The normalized spacial score (nSPS) is 22.0. The number of hydrogen-bond donors (Lipinski definition) is 1. The number of halogens is 1. The zero-order valence-corrected chi connectivity index (χ0v) is 13.5. The monoisotopic (exact) mass is 334 g/mol. The average Bonchev–Trinajstić information content (AvgIpc) is 2.47. The molecule has 21 heavy (non-hydrogen) atoms. The topological polar surface area (TPSA) is 81.9 Å². The van der Waals surface area contributed by atoms with Crippen LogP contribution < -0.4 is 10.5 Å². The summed E-state index contributed by atoms with van der Waals surface area (Å²) in [6, 6.07) is 4.18. The molecular weight excluding hydrogens is 316 g/mol. The molecule has 2 unspecified atom stereocenters. The van der Waals surface area contributed by atoms with Crippen LogP contribution in [-0.4, -0.2) is 51.7 Å². The van der Waals surface area contributed by atoms with Crippen LogP contribution in [0.4, 0.5) is 0 Å². The molecular formula is C13H19ClN2O4S. The average molecular weight is 335 g/mol. The van der Waals surface area contributed by atoms with Crippen molar-refractivity contribution < 1.29 is 17.9 Å². The van der Waals surface area contributed by atoms with E-state index < -0.39 is 10.0 Å². The molecule has 118 valence electrons. The van der Waals surface area contributed by atoms with E-state index >= 15 is 0 Å². The second-order valence-corrected chi connectivity index (χ2v) is 7.27. The summed E-state index contributed by atoms with van der Waals surface area (Å²) in [6.07, 6.45) is -0.303. The lowest BCUT2D eigenvalue weighted by Gasteiger charge is -2.33. The molecule has 1 fully saturated rings. The fraction of sp³-hybridized carbons (Fsp3) is 0.538. The number of benzene rings is 1. The molecule has 1 aromatic rings. The van der Waals surface area contributed by atoms with Gasteiger partial charge in [0.2, 0.25) is 10.0 Å². The fourth-order valence-corrected chi connectivity index (χ4v) is 3.93. The van der Waals surface area contributed by atoms with E-state index in [1.165, 1.54) is 23.5 Å².